The van der Waals surface area contributed by atoms with E-state index in [1.54, 1.807) is 13.0 Å². The van der Waals surface area contributed by atoms with Crippen molar-refractivity contribution in [1.29, 1.82) is 0 Å². The van der Waals surface area contributed by atoms with Gasteiger partial charge in [-0.05, 0) is 27.0 Å². The summed E-state index contributed by atoms with van der Waals surface area (Å²) in [7, 11) is 1.87. The van der Waals surface area contributed by atoms with Crippen molar-refractivity contribution in [2.24, 2.45) is 0 Å². The monoisotopic (exact) mass is 265 g/mol. The maximum absolute atomic E-state index is 11.9. The molecule has 0 fully saturated rings. The molecule has 96 valence electrons. The summed E-state index contributed by atoms with van der Waals surface area (Å²) < 4.78 is 5.10. The van der Waals surface area contributed by atoms with Crippen molar-refractivity contribution in [2.75, 3.05) is 12.4 Å². The SMILES string of the molecule is CNC(C)c1csc(NC(=O)c2ccoc2C)n1. The van der Waals surface area contributed by atoms with E-state index >= 15 is 0 Å². The molecule has 0 aliphatic heterocycles. The van der Waals surface area contributed by atoms with Crippen LogP contribution in [0.15, 0.2) is 22.1 Å². The van der Waals surface area contributed by atoms with Gasteiger partial charge in [0, 0.05) is 11.4 Å². The number of amides is 1. The molecule has 2 aromatic rings. The number of thiazole rings is 1. The van der Waals surface area contributed by atoms with Crippen LogP contribution in [0.3, 0.4) is 0 Å². The lowest BCUT2D eigenvalue weighted by atomic mass is 10.2. The molecule has 1 unspecified atom stereocenters. The molecule has 6 heteroatoms. The molecule has 0 spiro atoms. The van der Waals surface area contributed by atoms with E-state index in [1.807, 2.05) is 19.4 Å². The average Bonchev–Trinajstić information content (AvgIpc) is 2.97. The summed E-state index contributed by atoms with van der Waals surface area (Å²) in [6, 6.07) is 1.82. The first-order valence-electron chi connectivity index (χ1n) is 5.60. The smallest absolute Gasteiger partial charge is 0.260 e. The van der Waals surface area contributed by atoms with Crippen molar-refractivity contribution >= 4 is 22.4 Å². The van der Waals surface area contributed by atoms with Gasteiger partial charge >= 0.3 is 0 Å². The van der Waals surface area contributed by atoms with Gasteiger partial charge in [-0.25, -0.2) is 4.98 Å². The van der Waals surface area contributed by atoms with Crippen LogP contribution < -0.4 is 10.6 Å². The Labute approximate surface area is 109 Å². The van der Waals surface area contributed by atoms with Crippen LogP contribution >= 0.6 is 11.3 Å². The number of anilines is 1. The number of aromatic nitrogens is 1. The van der Waals surface area contributed by atoms with E-state index in [0.29, 0.717) is 16.5 Å². The van der Waals surface area contributed by atoms with Gasteiger partial charge in [-0.1, -0.05) is 0 Å². The van der Waals surface area contributed by atoms with Crippen molar-refractivity contribution < 1.29 is 9.21 Å². The number of carbonyl (C=O) groups excluding carboxylic acids is 1. The fourth-order valence-corrected chi connectivity index (χ4v) is 2.27. The van der Waals surface area contributed by atoms with E-state index in [4.69, 9.17) is 4.42 Å². The highest BCUT2D eigenvalue weighted by Crippen LogP contribution is 2.21. The van der Waals surface area contributed by atoms with Gasteiger partial charge in [-0.2, -0.15) is 0 Å². The van der Waals surface area contributed by atoms with Crippen LogP contribution in [0.2, 0.25) is 0 Å². The molecule has 0 saturated carbocycles. The van der Waals surface area contributed by atoms with Gasteiger partial charge in [0.15, 0.2) is 5.13 Å². The molecule has 0 aliphatic carbocycles. The molecule has 2 aromatic heterocycles. The summed E-state index contributed by atoms with van der Waals surface area (Å²) in [4.78, 5) is 16.3. The van der Waals surface area contributed by atoms with E-state index in [-0.39, 0.29) is 11.9 Å². The Morgan fingerprint density at radius 1 is 1.56 bits per heavy atom. The van der Waals surface area contributed by atoms with E-state index in [2.05, 4.69) is 15.6 Å². The molecule has 2 heterocycles. The van der Waals surface area contributed by atoms with E-state index in [9.17, 15) is 4.79 Å². The highest BCUT2D eigenvalue weighted by molar-refractivity contribution is 7.14. The Kier molecular flexibility index (Phi) is 3.78. The maximum Gasteiger partial charge on any atom is 0.260 e. The molecular weight excluding hydrogens is 250 g/mol. The summed E-state index contributed by atoms with van der Waals surface area (Å²) in [5, 5.41) is 8.39. The van der Waals surface area contributed by atoms with Crippen LogP contribution in [0, 0.1) is 6.92 Å². The minimum atomic E-state index is -0.195. The molecule has 0 aromatic carbocycles. The molecule has 5 nitrogen and oxygen atoms in total. The van der Waals surface area contributed by atoms with Crippen LogP contribution in [-0.2, 0) is 0 Å². The molecule has 1 amide bonds. The predicted molar refractivity (Wildman–Crippen MR) is 71.0 cm³/mol. The summed E-state index contributed by atoms with van der Waals surface area (Å²) in [5.41, 5.74) is 1.45. The molecule has 1 atom stereocenters. The molecular formula is C12H15N3O2S. The van der Waals surface area contributed by atoms with Gasteiger partial charge in [0.2, 0.25) is 0 Å². The number of hydrogen-bond donors (Lipinski definition) is 2. The number of nitrogens with one attached hydrogen (secondary N) is 2. The third kappa shape index (κ3) is 2.60. The van der Waals surface area contributed by atoms with Crippen molar-refractivity contribution in [2.45, 2.75) is 19.9 Å². The molecule has 0 aliphatic rings. The van der Waals surface area contributed by atoms with Gasteiger partial charge in [0.25, 0.3) is 5.91 Å². The van der Waals surface area contributed by atoms with Crippen LogP contribution in [0.5, 0.6) is 0 Å². The number of rotatable bonds is 4. The largest absolute Gasteiger partial charge is 0.469 e. The first kappa shape index (κ1) is 12.8. The highest BCUT2D eigenvalue weighted by atomic mass is 32.1. The summed E-state index contributed by atoms with van der Waals surface area (Å²) in [5.74, 6) is 0.409. The van der Waals surface area contributed by atoms with Gasteiger partial charge in [-0.3, -0.25) is 10.1 Å². The lowest BCUT2D eigenvalue weighted by Gasteiger charge is -2.05. The molecule has 0 saturated heterocycles. The lowest BCUT2D eigenvalue weighted by Crippen LogP contribution is -2.14. The highest BCUT2D eigenvalue weighted by Gasteiger charge is 2.14. The van der Waals surface area contributed by atoms with Crippen LogP contribution in [0.4, 0.5) is 5.13 Å². The quantitative estimate of drug-likeness (QED) is 0.891. The summed E-state index contributed by atoms with van der Waals surface area (Å²) >= 11 is 1.41. The normalized spacial score (nSPS) is 12.4. The standard InChI is InChI=1S/C12H15N3O2S/c1-7(13-3)10-6-18-12(14-10)15-11(16)9-4-5-17-8(9)2/h4-7,13H,1-3H3,(H,14,15,16). The second kappa shape index (κ2) is 5.32. The zero-order valence-electron chi connectivity index (χ0n) is 10.5. The minimum Gasteiger partial charge on any atom is -0.469 e. The zero-order chi connectivity index (χ0) is 13.1. The third-order valence-corrected chi connectivity index (χ3v) is 3.50. The van der Waals surface area contributed by atoms with E-state index < -0.39 is 0 Å². The number of nitrogens with zero attached hydrogens (tertiary/aromatic N) is 1. The number of furan rings is 1. The van der Waals surface area contributed by atoms with Gasteiger partial charge in [-0.15, -0.1) is 11.3 Å². The second-order valence-corrected chi connectivity index (χ2v) is 4.79. The van der Waals surface area contributed by atoms with Crippen molar-refractivity contribution in [3.05, 3.63) is 34.7 Å². The van der Waals surface area contributed by atoms with Crippen LogP contribution in [0.1, 0.15) is 34.8 Å². The van der Waals surface area contributed by atoms with Gasteiger partial charge in [0.1, 0.15) is 5.76 Å². The molecule has 18 heavy (non-hydrogen) atoms. The third-order valence-electron chi connectivity index (χ3n) is 2.72. The topological polar surface area (TPSA) is 67.2 Å². The predicted octanol–water partition coefficient (Wildman–Crippen LogP) is 2.58. The second-order valence-electron chi connectivity index (χ2n) is 3.93. The van der Waals surface area contributed by atoms with Crippen LogP contribution in [-0.4, -0.2) is 17.9 Å². The van der Waals surface area contributed by atoms with Gasteiger partial charge in [0.05, 0.1) is 17.5 Å². The Balaban J connectivity index is 2.08. The minimum absolute atomic E-state index is 0.169. The van der Waals surface area contributed by atoms with E-state index in [1.165, 1.54) is 17.6 Å². The number of hydrogen-bond acceptors (Lipinski definition) is 5. The fraction of sp³-hybridized carbons (Fsp3) is 0.333. The Morgan fingerprint density at radius 3 is 2.94 bits per heavy atom. The molecule has 0 bridgehead atoms. The first-order valence-corrected chi connectivity index (χ1v) is 6.48. The first-order chi connectivity index (χ1) is 8.61. The Bertz CT molecular complexity index is 547. The Morgan fingerprint density at radius 2 is 2.33 bits per heavy atom. The maximum atomic E-state index is 11.9. The molecule has 2 rings (SSSR count). The lowest BCUT2D eigenvalue weighted by molar-refractivity contribution is 0.102. The zero-order valence-corrected chi connectivity index (χ0v) is 11.3. The fourth-order valence-electron chi connectivity index (χ4n) is 1.48. The van der Waals surface area contributed by atoms with Crippen molar-refractivity contribution in [3.8, 4) is 0 Å². The summed E-state index contributed by atoms with van der Waals surface area (Å²) in [6.45, 7) is 3.77. The Hall–Kier alpha value is -1.66. The molecule has 2 N–H and O–H groups in total. The average molecular weight is 265 g/mol. The number of aryl methyl sites for hydroxylation is 1. The van der Waals surface area contributed by atoms with Crippen LogP contribution in [0.25, 0.3) is 0 Å². The number of carbonyl (C=O) groups is 1. The van der Waals surface area contributed by atoms with Crippen molar-refractivity contribution in [1.82, 2.24) is 10.3 Å². The summed E-state index contributed by atoms with van der Waals surface area (Å²) in [6.07, 6.45) is 1.50. The van der Waals surface area contributed by atoms with Crippen molar-refractivity contribution in [3.63, 3.8) is 0 Å². The van der Waals surface area contributed by atoms with E-state index in [0.717, 1.165) is 5.69 Å². The molecule has 0 radical (unpaired) electrons. The van der Waals surface area contributed by atoms with Gasteiger partial charge < -0.3 is 9.73 Å².